The number of pyridine rings is 1. The molecular formula is C26H22F3N7O. The molecule has 1 atom stereocenters. The molecule has 3 aromatic heterocycles. The zero-order valence-electron chi connectivity index (χ0n) is 19.9. The standard InChI is InChI=1S/C26H22F3N7O/c1-15(33-23-20(26(27,28)29)13-31-25(30)34-23)21-11-16-7-6-10-19(17-12-32-35(2)14-17)22(16)24(37)36(21)18-8-4-3-5-9-18/h3-15H,1-2H3,(H3,30,31,33,34)/t15-/m0/s1. The molecule has 5 rings (SSSR count). The summed E-state index contributed by atoms with van der Waals surface area (Å²) in [5, 5.41) is 8.13. The van der Waals surface area contributed by atoms with E-state index in [0.29, 0.717) is 33.9 Å². The summed E-state index contributed by atoms with van der Waals surface area (Å²) < 4.78 is 44.0. The van der Waals surface area contributed by atoms with Gasteiger partial charge in [0, 0.05) is 36.4 Å². The van der Waals surface area contributed by atoms with Crippen molar-refractivity contribution in [2.24, 2.45) is 7.05 Å². The molecule has 0 spiro atoms. The molecule has 0 amide bonds. The number of hydrogen-bond acceptors (Lipinski definition) is 6. The Morgan fingerprint density at radius 3 is 2.49 bits per heavy atom. The fraction of sp³-hybridized carbons (Fsp3) is 0.154. The van der Waals surface area contributed by atoms with Crippen molar-refractivity contribution in [1.82, 2.24) is 24.3 Å². The average molecular weight is 506 g/mol. The van der Waals surface area contributed by atoms with E-state index in [1.54, 1.807) is 61.2 Å². The van der Waals surface area contributed by atoms with Gasteiger partial charge >= 0.3 is 6.18 Å². The number of para-hydroxylation sites is 1. The van der Waals surface area contributed by atoms with E-state index in [9.17, 15) is 18.0 Å². The molecule has 0 saturated carbocycles. The quantitative estimate of drug-likeness (QED) is 0.350. The number of anilines is 2. The maximum absolute atomic E-state index is 14.1. The first-order valence-corrected chi connectivity index (χ1v) is 11.3. The number of nitrogens with one attached hydrogen (secondary N) is 1. The second kappa shape index (κ2) is 9.08. The van der Waals surface area contributed by atoms with Crippen LogP contribution in [0.15, 0.2) is 78.0 Å². The number of benzene rings is 2. The minimum absolute atomic E-state index is 0.303. The number of alkyl halides is 3. The fourth-order valence-electron chi connectivity index (χ4n) is 4.34. The summed E-state index contributed by atoms with van der Waals surface area (Å²) in [6.45, 7) is 1.66. The molecule has 3 heterocycles. The van der Waals surface area contributed by atoms with Crippen molar-refractivity contribution in [1.29, 1.82) is 0 Å². The Hall–Kier alpha value is -4.67. The van der Waals surface area contributed by atoms with Gasteiger partial charge in [-0.15, -0.1) is 0 Å². The number of nitrogens with two attached hydrogens (primary N) is 1. The minimum Gasteiger partial charge on any atom is -0.368 e. The molecule has 0 aliphatic heterocycles. The van der Waals surface area contributed by atoms with Crippen LogP contribution in [0.4, 0.5) is 24.9 Å². The molecule has 0 saturated heterocycles. The Morgan fingerprint density at radius 1 is 1.05 bits per heavy atom. The lowest BCUT2D eigenvalue weighted by Gasteiger charge is -2.23. The molecule has 0 aliphatic carbocycles. The summed E-state index contributed by atoms with van der Waals surface area (Å²) in [6.07, 6.45) is -0.562. The van der Waals surface area contributed by atoms with Crippen molar-refractivity contribution in [3.63, 3.8) is 0 Å². The molecule has 11 heteroatoms. The normalized spacial score (nSPS) is 12.6. The molecule has 3 N–H and O–H groups in total. The molecule has 0 fully saturated rings. The van der Waals surface area contributed by atoms with E-state index in [4.69, 9.17) is 5.73 Å². The van der Waals surface area contributed by atoms with E-state index >= 15 is 0 Å². The number of rotatable bonds is 5. The molecule has 0 unspecified atom stereocenters. The van der Waals surface area contributed by atoms with Crippen molar-refractivity contribution >= 4 is 22.5 Å². The topological polar surface area (TPSA) is 104 Å². The minimum atomic E-state index is -4.70. The van der Waals surface area contributed by atoms with E-state index in [1.165, 1.54) is 4.57 Å². The summed E-state index contributed by atoms with van der Waals surface area (Å²) in [7, 11) is 1.79. The van der Waals surface area contributed by atoms with E-state index in [0.717, 1.165) is 5.56 Å². The number of fused-ring (bicyclic) bond motifs is 1. The summed E-state index contributed by atoms with van der Waals surface area (Å²) in [6, 6.07) is 15.4. The third kappa shape index (κ3) is 4.51. The highest BCUT2D eigenvalue weighted by Crippen LogP contribution is 2.36. The molecule has 2 aromatic carbocycles. The zero-order valence-corrected chi connectivity index (χ0v) is 19.9. The number of nitrogen functional groups attached to an aromatic ring is 1. The van der Waals surface area contributed by atoms with E-state index in [1.807, 2.05) is 24.4 Å². The Kier molecular flexibility index (Phi) is 5.90. The second-order valence-electron chi connectivity index (χ2n) is 8.57. The first-order valence-electron chi connectivity index (χ1n) is 11.3. The number of halogens is 3. The van der Waals surface area contributed by atoms with Gasteiger partial charge in [0.05, 0.1) is 17.6 Å². The third-order valence-electron chi connectivity index (χ3n) is 6.02. The number of aromatic nitrogens is 5. The van der Waals surface area contributed by atoms with Gasteiger partial charge in [-0.05, 0) is 36.1 Å². The van der Waals surface area contributed by atoms with Crippen LogP contribution in [-0.2, 0) is 13.2 Å². The van der Waals surface area contributed by atoms with Gasteiger partial charge in [-0.2, -0.15) is 23.3 Å². The van der Waals surface area contributed by atoms with Gasteiger partial charge in [-0.3, -0.25) is 14.0 Å². The zero-order chi connectivity index (χ0) is 26.3. The van der Waals surface area contributed by atoms with Crippen LogP contribution < -0.4 is 16.6 Å². The van der Waals surface area contributed by atoms with Crippen LogP contribution in [0, 0.1) is 0 Å². The van der Waals surface area contributed by atoms with Gasteiger partial charge in [0.2, 0.25) is 5.95 Å². The molecule has 0 radical (unpaired) electrons. The van der Waals surface area contributed by atoms with Crippen LogP contribution in [0.5, 0.6) is 0 Å². The van der Waals surface area contributed by atoms with Crippen LogP contribution in [0.3, 0.4) is 0 Å². The number of hydrogen-bond donors (Lipinski definition) is 2. The average Bonchev–Trinajstić information content (AvgIpc) is 3.29. The second-order valence-corrected chi connectivity index (χ2v) is 8.57. The number of nitrogens with zero attached hydrogens (tertiary/aromatic N) is 5. The van der Waals surface area contributed by atoms with Gasteiger partial charge in [-0.1, -0.05) is 36.4 Å². The lowest BCUT2D eigenvalue weighted by molar-refractivity contribution is -0.137. The van der Waals surface area contributed by atoms with Crippen molar-refractivity contribution in [3.05, 3.63) is 94.8 Å². The van der Waals surface area contributed by atoms with Gasteiger partial charge in [0.1, 0.15) is 11.4 Å². The first kappa shape index (κ1) is 24.0. The Labute approximate surface area is 209 Å². The predicted octanol–water partition coefficient (Wildman–Crippen LogP) is 4.96. The van der Waals surface area contributed by atoms with Gasteiger partial charge < -0.3 is 11.1 Å². The van der Waals surface area contributed by atoms with Gasteiger partial charge in [0.15, 0.2) is 0 Å². The van der Waals surface area contributed by atoms with E-state index in [-0.39, 0.29) is 11.5 Å². The molecule has 188 valence electrons. The fourth-order valence-corrected chi connectivity index (χ4v) is 4.34. The Morgan fingerprint density at radius 2 is 1.81 bits per heavy atom. The molecule has 0 bridgehead atoms. The largest absolute Gasteiger partial charge is 0.421 e. The van der Waals surface area contributed by atoms with Crippen molar-refractivity contribution < 1.29 is 13.2 Å². The highest BCUT2D eigenvalue weighted by atomic mass is 19.4. The van der Waals surface area contributed by atoms with Crippen LogP contribution in [0.1, 0.15) is 24.2 Å². The van der Waals surface area contributed by atoms with Crippen LogP contribution in [0.2, 0.25) is 0 Å². The SMILES string of the molecule is C[C@H](Nc1nc(N)ncc1C(F)(F)F)c1cc2cccc(-c3cnn(C)c3)c2c(=O)n1-c1ccccc1. The van der Waals surface area contributed by atoms with Crippen molar-refractivity contribution in [2.75, 3.05) is 11.1 Å². The van der Waals surface area contributed by atoms with Crippen molar-refractivity contribution in [3.8, 4) is 16.8 Å². The lowest BCUT2D eigenvalue weighted by atomic mass is 9.99. The molecule has 0 aliphatic rings. The highest BCUT2D eigenvalue weighted by Gasteiger charge is 2.36. The van der Waals surface area contributed by atoms with Crippen LogP contribution in [0.25, 0.3) is 27.6 Å². The summed E-state index contributed by atoms with van der Waals surface area (Å²) >= 11 is 0. The predicted molar refractivity (Wildman–Crippen MR) is 135 cm³/mol. The molecular weight excluding hydrogens is 483 g/mol. The Balaban J connectivity index is 1.73. The molecule has 5 aromatic rings. The van der Waals surface area contributed by atoms with E-state index < -0.39 is 23.6 Å². The third-order valence-corrected chi connectivity index (χ3v) is 6.02. The van der Waals surface area contributed by atoms with Crippen LogP contribution in [-0.4, -0.2) is 24.3 Å². The highest BCUT2D eigenvalue weighted by molar-refractivity contribution is 5.96. The molecule has 8 nitrogen and oxygen atoms in total. The van der Waals surface area contributed by atoms with Crippen LogP contribution >= 0.6 is 0 Å². The smallest absolute Gasteiger partial charge is 0.368 e. The van der Waals surface area contributed by atoms with Crippen molar-refractivity contribution in [2.45, 2.75) is 19.1 Å². The monoisotopic (exact) mass is 505 g/mol. The maximum atomic E-state index is 14.1. The van der Waals surface area contributed by atoms with Gasteiger partial charge in [0.25, 0.3) is 5.56 Å². The van der Waals surface area contributed by atoms with E-state index in [2.05, 4.69) is 20.4 Å². The first-order chi connectivity index (χ1) is 17.6. The molecule has 37 heavy (non-hydrogen) atoms. The summed E-state index contributed by atoms with van der Waals surface area (Å²) in [5.41, 5.74) is 6.70. The summed E-state index contributed by atoms with van der Waals surface area (Å²) in [5.74, 6) is -0.772. The summed E-state index contributed by atoms with van der Waals surface area (Å²) in [4.78, 5) is 21.3. The Bertz CT molecular complexity index is 1660. The number of aryl methyl sites for hydroxylation is 1. The van der Waals surface area contributed by atoms with Gasteiger partial charge in [-0.25, -0.2) is 4.98 Å². The maximum Gasteiger partial charge on any atom is 0.421 e. The lowest BCUT2D eigenvalue weighted by Crippen LogP contribution is -2.26.